The molecular formula is C29H31F2N5O4S. The highest BCUT2D eigenvalue weighted by Crippen LogP contribution is 2.39. The van der Waals surface area contributed by atoms with Crippen LogP contribution in [0.4, 0.5) is 14.5 Å². The summed E-state index contributed by atoms with van der Waals surface area (Å²) >= 11 is 0. The maximum atomic E-state index is 15.9. The van der Waals surface area contributed by atoms with E-state index in [0.29, 0.717) is 36.6 Å². The molecule has 12 heteroatoms. The highest BCUT2D eigenvalue weighted by atomic mass is 32.2. The van der Waals surface area contributed by atoms with Gasteiger partial charge in [-0.05, 0) is 49.6 Å². The van der Waals surface area contributed by atoms with E-state index >= 15 is 4.39 Å². The van der Waals surface area contributed by atoms with Gasteiger partial charge in [-0.1, -0.05) is 19.9 Å². The fraction of sp³-hybridized carbons (Fsp3) is 0.345. The van der Waals surface area contributed by atoms with E-state index < -0.39 is 48.9 Å². The fourth-order valence-corrected chi connectivity index (χ4v) is 6.44. The standard InChI is InChI=1S/C29H31F2N5O4S/c1-15(2)23-25(16(3)9-10-33-23)36-28-18(13-20(31)24(34-28)22-19(30)7-6-8-21(22)37)26(27(29(36)38)41(5,39)40)35-12-11-32-17(4)14-35/h6-10,13,15,17,32,37H,11-12,14H2,1-5H3/t17-/m1/s1. The fourth-order valence-electron chi connectivity index (χ4n) is 5.44. The summed E-state index contributed by atoms with van der Waals surface area (Å²) in [4.78, 5) is 24.6. The summed E-state index contributed by atoms with van der Waals surface area (Å²) in [7, 11) is -4.15. The number of hydrogen-bond acceptors (Lipinski definition) is 8. The van der Waals surface area contributed by atoms with Gasteiger partial charge < -0.3 is 15.3 Å². The van der Waals surface area contributed by atoms with E-state index in [2.05, 4.69) is 15.3 Å². The van der Waals surface area contributed by atoms with E-state index in [-0.39, 0.29) is 28.7 Å². The van der Waals surface area contributed by atoms with Crippen LogP contribution in [0.15, 0.2) is 46.2 Å². The number of rotatable bonds is 5. The molecule has 4 aromatic rings. The molecule has 0 radical (unpaired) electrons. The molecular weight excluding hydrogens is 552 g/mol. The molecule has 1 atom stereocenters. The number of benzene rings is 1. The van der Waals surface area contributed by atoms with Gasteiger partial charge in [0.05, 0.1) is 22.6 Å². The number of halogens is 2. The van der Waals surface area contributed by atoms with E-state index in [1.165, 1.54) is 12.1 Å². The molecule has 41 heavy (non-hydrogen) atoms. The minimum Gasteiger partial charge on any atom is -0.507 e. The Balaban J connectivity index is 2.04. The van der Waals surface area contributed by atoms with Crippen LogP contribution in [0.3, 0.4) is 0 Å². The average Bonchev–Trinajstić information content (AvgIpc) is 2.88. The highest BCUT2D eigenvalue weighted by molar-refractivity contribution is 7.90. The van der Waals surface area contributed by atoms with Crippen molar-refractivity contribution in [3.05, 3.63) is 69.8 Å². The zero-order chi connectivity index (χ0) is 29.8. The summed E-state index contributed by atoms with van der Waals surface area (Å²) < 4.78 is 58.7. The number of aromatic hydroxyl groups is 1. The molecule has 0 unspecified atom stereocenters. The van der Waals surface area contributed by atoms with Crippen LogP contribution in [0, 0.1) is 18.6 Å². The molecule has 1 fully saturated rings. The van der Waals surface area contributed by atoms with Gasteiger partial charge >= 0.3 is 0 Å². The molecule has 5 rings (SSSR count). The Morgan fingerprint density at radius 2 is 1.88 bits per heavy atom. The number of phenols is 1. The molecule has 3 aromatic heterocycles. The first-order valence-electron chi connectivity index (χ1n) is 13.2. The van der Waals surface area contributed by atoms with Crippen LogP contribution in [-0.2, 0) is 9.84 Å². The highest BCUT2D eigenvalue weighted by Gasteiger charge is 2.33. The molecule has 0 bridgehead atoms. The van der Waals surface area contributed by atoms with Crippen molar-refractivity contribution >= 4 is 26.6 Å². The molecule has 1 aliphatic heterocycles. The van der Waals surface area contributed by atoms with Crippen molar-refractivity contribution in [2.45, 2.75) is 44.6 Å². The van der Waals surface area contributed by atoms with Crippen LogP contribution < -0.4 is 15.8 Å². The summed E-state index contributed by atoms with van der Waals surface area (Å²) in [6.07, 6.45) is 2.54. The van der Waals surface area contributed by atoms with Crippen LogP contribution in [0.5, 0.6) is 5.75 Å². The smallest absolute Gasteiger partial charge is 0.277 e. The van der Waals surface area contributed by atoms with Crippen LogP contribution in [0.2, 0.25) is 0 Å². The molecule has 2 N–H and O–H groups in total. The number of aromatic nitrogens is 3. The lowest BCUT2D eigenvalue weighted by molar-refractivity contribution is 0.470. The molecule has 0 amide bonds. The number of pyridine rings is 3. The molecule has 4 heterocycles. The van der Waals surface area contributed by atoms with E-state index in [1.54, 1.807) is 24.1 Å². The summed E-state index contributed by atoms with van der Waals surface area (Å²) in [5.74, 6) is -2.61. The third-order valence-electron chi connectivity index (χ3n) is 7.24. The predicted octanol–water partition coefficient (Wildman–Crippen LogP) is 4.06. The molecule has 216 valence electrons. The lowest BCUT2D eigenvalue weighted by Gasteiger charge is -2.35. The second kappa shape index (κ2) is 10.5. The summed E-state index contributed by atoms with van der Waals surface area (Å²) in [6, 6.07) is 6.25. The normalized spacial score (nSPS) is 16.1. The first kappa shape index (κ1) is 28.6. The number of aryl methyl sites for hydroxylation is 1. The maximum Gasteiger partial charge on any atom is 0.277 e. The summed E-state index contributed by atoms with van der Waals surface area (Å²) in [6.45, 7) is 8.63. The topological polar surface area (TPSA) is 117 Å². The van der Waals surface area contributed by atoms with Crippen molar-refractivity contribution in [3.8, 4) is 22.7 Å². The number of fused-ring (bicyclic) bond motifs is 1. The predicted molar refractivity (Wildman–Crippen MR) is 154 cm³/mol. The number of nitrogens with one attached hydrogen (secondary N) is 1. The lowest BCUT2D eigenvalue weighted by atomic mass is 10.0. The zero-order valence-corrected chi connectivity index (χ0v) is 24.2. The molecule has 1 aromatic carbocycles. The van der Waals surface area contributed by atoms with Crippen molar-refractivity contribution in [1.29, 1.82) is 0 Å². The molecule has 1 saturated heterocycles. The number of hydrogen-bond donors (Lipinski definition) is 2. The van der Waals surface area contributed by atoms with E-state index in [1.807, 2.05) is 20.8 Å². The van der Waals surface area contributed by atoms with Gasteiger partial charge in [0.1, 0.15) is 17.3 Å². The lowest BCUT2D eigenvalue weighted by Crippen LogP contribution is -2.50. The minimum absolute atomic E-state index is 0.0421. The van der Waals surface area contributed by atoms with Crippen LogP contribution >= 0.6 is 0 Å². The first-order valence-corrected chi connectivity index (χ1v) is 15.1. The molecule has 0 saturated carbocycles. The largest absolute Gasteiger partial charge is 0.507 e. The van der Waals surface area contributed by atoms with Crippen molar-refractivity contribution in [3.63, 3.8) is 0 Å². The number of sulfone groups is 1. The molecule has 0 spiro atoms. The Hall–Kier alpha value is -3.90. The Morgan fingerprint density at radius 1 is 1.15 bits per heavy atom. The Morgan fingerprint density at radius 3 is 2.51 bits per heavy atom. The van der Waals surface area contributed by atoms with Gasteiger partial charge in [0.25, 0.3) is 5.56 Å². The van der Waals surface area contributed by atoms with Crippen LogP contribution in [-0.4, -0.2) is 60.0 Å². The average molecular weight is 584 g/mol. The van der Waals surface area contributed by atoms with Crippen LogP contribution in [0.1, 0.15) is 37.9 Å². The third kappa shape index (κ3) is 4.95. The SMILES string of the molecule is Cc1ccnc(C(C)C)c1-n1c(=O)c(S(C)(=O)=O)c(N2CCN[C@H](C)C2)c2cc(F)c(-c3c(O)cccc3F)nc21. The van der Waals surface area contributed by atoms with Gasteiger partial charge in [0, 0.05) is 43.5 Å². The van der Waals surface area contributed by atoms with E-state index in [0.717, 1.165) is 23.0 Å². The maximum absolute atomic E-state index is 15.9. The second-order valence-electron chi connectivity index (χ2n) is 10.7. The van der Waals surface area contributed by atoms with Crippen molar-refractivity contribution in [2.24, 2.45) is 0 Å². The Bertz CT molecular complexity index is 1840. The Kier molecular flexibility index (Phi) is 7.33. The zero-order valence-electron chi connectivity index (χ0n) is 23.4. The summed E-state index contributed by atoms with van der Waals surface area (Å²) in [5, 5.41) is 13.8. The second-order valence-corrected chi connectivity index (χ2v) is 12.7. The van der Waals surface area contributed by atoms with Crippen molar-refractivity contribution < 1.29 is 22.3 Å². The van der Waals surface area contributed by atoms with Crippen molar-refractivity contribution in [2.75, 3.05) is 30.8 Å². The minimum atomic E-state index is -4.15. The number of phenolic OH excluding ortho intramolecular Hbond substituents is 1. The first-order chi connectivity index (χ1) is 19.3. The molecule has 9 nitrogen and oxygen atoms in total. The monoisotopic (exact) mass is 583 g/mol. The van der Waals surface area contributed by atoms with E-state index in [4.69, 9.17) is 0 Å². The quantitative estimate of drug-likeness (QED) is 0.361. The van der Waals surface area contributed by atoms with Gasteiger partial charge in [-0.3, -0.25) is 14.3 Å². The Labute approximate surface area is 236 Å². The van der Waals surface area contributed by atoms with E-state index in [9.17, 15) is 22.7 Å². The van der Waals surface area contributed by atoms with Gasteiger partial charge in [0.2, 0.25) is 0 Å². The molecule has 0 aliphatic carbocycles. The van der Waals surface area contributed by atoms with Crippen LogP contribution in [0.25, 0.3) is 28.0 Å². The third-order valence-corrected chi connectivity index (χ3v) is 8.35. The molecule has 1 aliphatic rings. The number of anilines is 1. The van der Waals surface area contributed by atoms with Gasteiger partial charge in [-0.2, -0.15) is 0 Å². The van der Waals surface area contributed by atoms with Gasteiger partial charge in [-0.25, -0.2) is 22.2 Å². The number of nitrogens with zero attached hydrogens (tertiary/aromatic N) is 4. The van der Waals surface area contributed by atoms with Gasteiger partial charge in [0.15, 0.2) is 26.2 Å². The summed E-state index contributed by atoms with van der Waals surface area (Å²) in [5.41, 5.74) is -0.481. The number of piperazine rings is 1. The van der Waals surface area contributed by atoms with Crippen molar-refractivity contribution in [1.82, 2.24) is 19.9 Å². The van der Waals surface area contributed by atoms with Gasteiger partial charge in [-0.15, -0.1) is 0 Å².